The summed E-state index contributed by atoms with van der Waals surface area (Å²) in [6.07, 6.45) is 2.41. The molecule has 0 aliphatic carbocycles. The number of nitrogens with zero attached hydrogens (tertiary/aromatic N) is 2. The Morgan fingerprint density at radius 1 is 1.23 bits per heavy atom. The van der Waals surface area contributed by atoms with Gasteiger partial charge < -0.3 is 4.74 Å². The fourth-order valence-corrected chi connectivity index (χ4v) is 3.11. The third-order valence-electron chi connectivity index (χ3n) is 3.21. The summed E-state index contributed by atoms with van der Waals surface area (Å²) in [5.74, 6) is 0.663. The SMILES string of the molecule is CCOc1ccc(S(=O)(=O)NCCCn2nccc2C)cc1. The fraction of sp³-hybridized carbons (Fsp3) is 0.400. The summed E-state index contributed by atoms with van der Waals surface area (Å²) in [5.41, 5.74) is 1.06. The Hall–Kier alpha value is -1.86. The number of benzene rings is 1. The molecule has 1 aromatic heterocycles. The number of aryl methyl sites for hydroxylation is 2. The zero-order valence-electron chi connectivity index (χ0n) is 12.8. The van der Waals surface area contributed by atoms with Gasteiger partial charge in [-0.25, -0.2) is 13.1 Å². The molecule has 0 aliphatic rings. The summed E-state index contributed by atoms with van der Waals surface area (Å²) >= 11 is 0. The van der Waals surface area contributed by atoms with Gasteiger partial charge in [-0.3, -0.25) is 4.68 Å². The molecular formula is C15H21N3O3S. The molecule has 0 atom stereocenters. The van der Waals surface area contributed by atoms with Gasteiger partial charge >= 0.3 is 0 Å². The first-order chi connectivity index (χ1) is 10.5. The Bertz CT molecular complexity index is 693. The second-order valence-corrected chi connectivity index (χ2v) is 6.62. The topological polar surface area (TPSA) is 73.2 Å². The van der Waals surface area contributed by atoms with Gasteiger partial charge in [0, 0.05) is 25.0 Å². The third kappa shape index (κ3) is 4.32. The summed E-state index contributed by atoms with van der Waals surface area (Å²) < 4.78 is 34.1. The lowest BCUT2D eigenvalue weighted by molar-refractivity contribution is 0.340. The second kappa shape index (κ2) is 7.42. The predicted octanol–water partition coefficient (Wildman–Crippen LogP) is 1.96. The van der Waals surface area contributed by atoms with Crippen molar-refractivity contribution in [1.82, 2.24) is 14.5 Å². The first-order valence-corrected chi connectivity index (χ1v) is 8.72. The van der Waals surface area contributed by atoms with Gasteiger partial charge in [0.25, 0.3) is 0 Å². The Morgan fingerprint density at radius 3 is 2.55 bits per heavy atom. The summed E-state index contributed by atoms with van der Waals surface area (Å²) in [4.78, 5) is 0.242. The molecule has 0 saturated heterocycles. The van der Waals surface area contributed by atoms with E-state index in [1.807, 2.05) is 24.6 Å². The van der Waals surface area contributed by atoms with E-state index in [1.165, 1.54) is 0 Å². The van der Waals surface area contributed by atoms with E-state index in [0.717, 1.165) is 5.69 Å². The van der Waals surface area contributed by atoms with Crippen molar-refractivity contribution in [3.05, 3.63) is 42.2 Å². The van der Waals surface area contributed by atoms with Crippen molar-refractivity contribution >= 4 is 10.0 Å². The van der Waals surface area contributed by atoms with E-state index in [9.17, 15) is 8.42 Å². The highest BCUT2D eigenvalue weighted by Gasteiger charge is 2.13. The molecule has 0 spiro atoms. The maximum atomic E-state index is 12.2. The van der Waals surface area contributed by atoms with E-state index in [1.54, 1.807) is 30.5 Å². The molecule has 1 aromatic carbocycles. The molecule has 6 nitrogen and oxygen atoms in total. The number of nitrogens with one attached hydrogen (secondary N) is 1. The van der Waals surface area contributed by atoms with Crippen LogP contribution in [0.25, 0.3) is 0 Å². The van der Waals surface area contributed by atoms with Gasteiger partial charge in [0.2, 0.25) is 10.0 Å². The van der Waals surface area contributed by atoms with Crippen LogP contribution in [0.2, 0.25) is 0 Å². The molecule has 0 radical (unpaired) electrons. The Kier molecular flexibility index (Phi) is 5.57. The van der Waals surface area contributed by atoms with Gasteiger partial charge in [-0.2, -0.15) is 5.10 Å². The lowest BCUT2D eigenvalue weighted by Gasteiger charge is -2.09. The first kappa shape index (κ1) is 16.5. The van der Waals surface area contributed by atoms with Crippen LogP contribution in [0.15, 0.2) is 41.4 Å². The van der Waals surface area contributed by atoms with Crippen molar-refractivity contribution in [3.63, 3.8) is 0 Å². The summed E-state index contributed by atoms with van der Waals surface area (Å²) in [6.45, 7) is 5.46. The van der Waals surface area contributed by atoms with Crippen molar-refractivity contribution in [1.29, 1.82) is 0 Å². The van der Waals surface area contributed by atoms with Crippen molar-refractivity contribution in [2.24, 2.45) is 0 Å². The minimum atomic E-state index is -3.48. The minimum Gasteiger partial charge on any atom is -0.494 e. The first-order valence-electron chi connectivity index (χ1n) is 7.24. The average Bonchev–Trinajstić information content (AvgIpc) is 2.90. The molecule has 0 fully saturated rings. The standard InChI is InChI=1S/C15H21N3O3S/c1-3-21-14-5-7-15(8-6-14)22(19,20)17-10-4-12-18-13(2)9-11-16-18/h5-9,11,17H,3-4,10,12H2,1-2H3. The molecule has 120 valence electrons. The van der Waals surface area contributed by atoms with E-state index in [-0.39, 0.29) is 4.90 Å². The third-order valence-corrected chi connectivity index (χ3v) is 4.69. The van der Waals surface area contributed by atoms with E-state index < -0.39 is 10.0 Å². The van der Waals surface area contributed by atoms with E-state index in [4.69, 9.17) is 4.74 Å². The minimum absolute atomic E-state index is 0.242. The highest BCUT2D eigenvalue weighted by molar-refractivity contribution is 7.89. The van der Waals surface area contributed by atoms with E-state index >= 15 is 0 Å². The van der Waals surface area contributed by atoms with Crippen LogP contribution < -0.4 is 9.46 Å². The van der Waals surface area contributed by atoms with Gasteiger partial charge in [-0.05, 0) is 50.6 Å². The summed E-state index contributed by atoms with van der Waals surface area (Å²) in [5, 5.41) is 4.16. The highest BCUT2D eigenvalue weighted by Crippen LogP contribution is 2.15. The molecule has 1 N–H and O–H groups in total. The van der Waals surface area contributed by atoms with Crippen molar-refractivity contribution in [3.8, 4) is 5.75 Å². The average molecular weight is 323 g/mol. The maximum Gasteiger partial charge on any atom is 0.240 e. The van der Waals surface area contributed by atoms with E-state index in [2.05, 4.69) is 9.82 Å². The Balaban J connectivity index is 1.86. The molecule has 0 aliphatic heterocycles. The second-order valence-electron chi connectivity index (χ2n) is 4.85. The van der Waals surface area contributed by atoms with Gasteiger partial charge in [-0.1, -0.05) is 0 Å². The number of sulfonamides is 1. The van der Waals surface area contributed by atoms with Crippen LogP contribution in [0.3, 0.4) is 0 Å². The lowest BCUT2D eigenvalue weighted by atomic mass is 10.3. The van der Waals surface area contributed by atoms with Crippen molar-refractivity contribution in [2.75, 3.05) is 13.2 Å². The smallest absolute Gasteiger partial charge is 0.240 e. The fourth-order valence-electron chi connectivity index (χ4n) is 2.03. The maximum absolute atomic E-state index is 12.2. The van der Waals surface area contributed by atoms with Crippen LogP contribution in [-0.2, 0) is 16.6 Å². The van der Waals surface area contributed by atoms with Gasteiger partial charge in [-0.15, -0.1) is 0 Å². The van der Waals surface area contributed by atoms with Gasteiger partial charge in [0.15, 0.2) is 0 Å². The van der Waals surface area contributed by atoms with Crippen molar-refractivity contribution in [2.45, 2.75) is 31.7 Å². The number of aromatic nitrogens is 2. The molecule has 0 unspecified atom stereocenters. The van der Waals surface area contributed by atoms with Crippen LogP contribution in [0.5, 0.6) is 5.75 Å². The van der Waals surface area contributed by atoms with Gasteiger partial charge in [0.1, 0.15) is 5.75 Å². The highest BCUT2D eigenvalue weighted by atomic mass is 32.2. The number of ether oxygens (including phenoxy) is 1. The summed E-state index contributed by atoms with van der Waals surface area (Å²) in [7, 11) is -3.48. The number of hydrogen-bond donors (Lipinski definition) is 1. The molecule has 2 aromatic rings. The predicted molar refractivity (Wildman–Crippen MR) is 84.4 cm³/mol. The van der Waals surface area contributed by atoms with Crippen LogP contribution in [-0.4, -0.2) is 31.3 Å². The Morgan fingerprint density at radius 2 is 1.95 bits per heavy atom. The largest absolute Gasteiger partial charge is 0.494 e. The zero-order chi connectivity index (χ0) is 16.0. The Labute approximate surface area is 131 Å². The van der Waals surface area contributed by atoms with Crippen LogP contribution in [0.1, 0.15) is 19.0 Å². The lowest BCUT2D eigenvalue weighted by Crippen LogP contribution is -2.25. The summed E-state index contributed by atoms with van der Waals surface area (Å²) in [6, 6.07) is 8.33. The molecule has 1 heterocycles. The van der Waals surface area contributed by atoms with E-state index in [0.29, 0.717) is 31.9 Å². The molecular weight excluding hydrogens is 302 g/mol. The number of rotatable bonds is 8. The normalized spacial score (nSPS) is 11.5. The van der Waals surface area contributed by atoms with Crippen LogP contribution in [0.4, 0.5) is 0 Å². The zero-order valence-corrected chi connectivity index (χ0v) is 13.6. The van der Waals surface area contributed by atoms with Crippen LogP contribution in [0, 0.1) is 6.92 Å². The molecule has 22 heavy (non-hydrogen) atoms. The number of hydrogen-bond acceptors (Lipinski definition) is 4. The monoisotopic (exact) mass is 323 g/mol. The van der Waals surface area contributed by atoms with Crippen LogP contribution >= 0.6 is 0 Å². The molecule has 0 saturated carbocycles. The molecule has 0 amide bonds. The quantitative estimate of drug-likeness (QED) is 0.754. The van der Waals surface area contributed by atoms with Gasteiger partial charge in [0.05, 0.1) is 11.5 Å². The van der Waals surface area contributed by atoms with Crippen molar-refractivity contribution < 1.29 is 13.2 Å². The molecule has 0 bridgehead atoms. The molecule has 7 heteroatoms. The molecule has 2 rings (SSSR count).